The molecule has 0 aliphatic heterocycles. The van der Waals surface area contributed by atoms with Crippen molar-refractivity contribution in [1.82, 2.24) is 9.97 Å². The summed E-state index contributed by atoms with van der Waals surface area (Å²) in [6.45, 7) is 1.53. The molecule has 0 saturated heterocycles. The van der Waals surface area contributed by atoms with Crippen LogP contribution >= 0.6 is 0 Å². The van der Waals surface area contributed by atoms with Crippen molar-refractivity contribution in [3.8, 4) is 0 Å². The predicted molar refractivity (Wildman–Crippen MR) is 70.9 cm³/mol. The first-order valence-electron chi connectivity index (χ1n) is 5.78. The quantitative estimate of drug-likeness (QED) is 0.778. The Hall–Kier alpha value is -2.21. The largest absolute Gasteiger partial charge is 0.394 e. The monoisotopic (exact) mass is 262 g/mol. The van der Waals surface area contributed by atoms with E-state index in [2.05, 4.69) is 15.3 Å². The number of hydrogen-bond acceptors (Lipinski definition) is 5. The summed E-state index contributed by atoms with van der Waals surface area (Å²) >= 11 is 0. The molecule has 1 atom stereocenters. The van der Waals surface area contributed by atoms with Crippen LogP contribution in [0.25, 0.3) is 0 Å². The van der Waals surface area contributed by atoms with Gasteiger partial charge in [0.05, 0.1) is 18.3 Å². The number of nitrogens with one attached hydrogen (secondary N) is 1. The summed E-state index contributed by atoms with van der Waals surface area (Å²) in [5.41, 5.74) is 5.39. The SMILES string of the molecule is CC(CO)(Nc1nc(N)ncc1F)c1ccccc1. The molecule has 0 aliphatic carbocycles. The van der Waals surface area contributed by atoms with E-state index in [1.165, 1.54) is 0 Å². The molecule has 0 radical (unpaired) electrons. The van der Waals surface area contributed by atoms with E-state index in [-0.39, 0.29) is 18.4 Å². The first-order chi connectivity index (χ1) is 9.05. The van der Waals surface area contributed by atoms with Crippen molar-refractivity contribution >= 4 is 11.8 Å². The Morgan fingerprint density at radius 3 is 2.68 bits per heavy atom. The van der Waals surface area contributed by atoms with Crippen molar-refractivity contribution in [2.45, 2.75) is 12.5 Å². The number of aliphatic hydroxyl groups excluding tert-OH is 1. The molecular weight excluding hydrogens is 247 g/mol. The minimum absolute atomic E-state index is 0.0303. The molecule has 19 heavy (non-hydrogen) atoms. The first kappa shape index (κ1) is 13.2. The van der Waals surface area contributed by atoms with Crippen LogP contribution in [0.4, 0.5) is 16.2 Å². The van der Waals surface area contributed by atoms with Gasteiger partial charge in [0.1, 0.15) is 0 Å². The second-order valence-corrected chi connectivity index (χ2v) is 4.41. The van der Waals surface area contributed by atoms with E-state index in [0.29, 0.717) is 0 Å². The van der Waals surface area contributed by atoms with Gasteiger partial charge < -0.3 is 16.2 Å². The number of hydrogen-bond donors (Lipinski definition) is 3. The molecule has 1 unspecified atom stereocenters. The molecular formula is C13H15FN4O. The Balaban J connectivity index is 2.36. The second-order valence-electron chi connectivity index (χ2n) is 4.41. The van der Waals surface area contributed by atoms with Gasteiger partial charge in [0, 0.05) is 0 Å². The van der Waals surface area contributed by atoms with Gasteiger partial charge in [-0.3, -0.25) is 0 Å². The fraction of sp³-hybridized carbons (Fsp3) is 0.231. The summed E-state index contributed by atoms with van der Waals surface area (Å²) in [6, 6.07) is 9.23. The highest BCUT2D eigenvalue weighted by Crippen LogP contribution is 2.26. The topological polar surface area (TPSA) is 84.1 Å². The lowest BCUT2D eigenvalue weighted by atomic mass is 9.93. The number of nitrogens with zero attached hydrogens (tertiary/aromatic N) is 2. The van der Waals surface area contributed by atoms with Gasteiger partial charge in [-0.1, -0.05) is 30.3 Å². The lowest BCUT2D eigenvalue weighted by molar-refractivity contribution is 0.223. The van der Waals surface area contributed by atoms with Crippen LogP contribution in [0.2, 0.25) is 0 Å². The third-order valence-electron chi connectivity index (χ3n) is 2.88. The standard InChI is InChI=1S/C13H15FN4O/c1-13(8-19,9-5-3-2-4-6-9)18-11-10(14)7-16-12(15)17-11/h2-7,19H,8H2,1H3,(H3,15,16,17,18). The highest BCUT2D eigenvalue weighted by atomic mass is 19.1. The summed E-state index contributed by atoms with van der Waals surface area (Å²) in [7, 11) is 0. The van der Waals surface area contributed by atoms with Gasteiger partial charge in [-0.15, -0.1) is 0 Å². The summed E-state index contributed by atoms with van der Waals surface area (Å²) in [5.74, 6) is -0.685. The van der Waals surface area contributed by atoms with Crippen LogP contribution in [0, 0.1) is 5.82 Å². The molecule has 0 saturated carbocycles. The fourth-order valence-electron chi connectivity index (χ4n) is 1.74. The van der Waals surface area contributed by atoms with Crippen molar-refractivity contribution in [2.24, 2.45) is 0 Å². The molecule has 4 N–H and O–H groups in total. The smallest absolute Gasteiger partial charge is 0.222 e. The zero-order valence-corrected chi connectivity index (χ0v) is 10.5. The zero-order valence-electron chi connectivity index (χ0n) is 10.5. The molecule has 6 heteroatoms. The van der Waals surface area contributed by atoms with Crippen LogP contribution in [0.15, 0.2) is 36.5 Å². The number of aliphatic hydroxyl groups is 1. The van der Waals surface area contributed by atoms with Crippen molar-refractivity contribution in [1.29, 1.82) is 0 Å². The van der Waals surface area contributed by atoms with Crippen molar-refractivity contribution in [2.75, 3.05) is 17.7 Å². The van der Waals surface area contributed by atoms with Gasteiger partial charge in [0.2, 0.25) is 5.95 Å². The number of aromatic nitrogens is 2. The molecule has 0 aliphatic rings. The molecule has 1 aromatic heterocycles. The first-order valence-corrected chi connectivity index (χ1v) is 5.78. The average Bonchev–Trinajstić information content (AvgIpc) is 2.44. The molecule has 2 rings (SSSR count). The number of rotatable bonds is 4. The lowest BCUT2D eigenvalue weighted by Crippen LogP contribution is -2.36. The Kier molecular flexibility index (Phi) is 3.62. The van der Waals surface area contributed by atoms with E-state index in [9.17, 15) is 9.50 Å². The van der Waals surface area contributed by atoms with Crippen molar-refractivity contribution < 1.29 is 9.50 Å². The fourth-order valence-corrected chi connectivity index (χ4v) is 1.74. The summed E-state index contributed by atoms with van der Waals surface area (Å²) < 4.78 is 13.6. The number of nitrogens with two attached hydrogens (primary N) is 1. The van der Waals surface area contributed by atoms with Gasteiger partial charge in [-0.25, -0.2) is 9.37 Å². The zero-order chi connectivity index (χ0) is 13.9. The Labute approximate surface area is 110 Å². The Morgan fingerprint density at radius 2 is 2.05 bits per heavy atom. The lowest BCUT2D eigenvalue weighted by Gasteiger charge is -2.30. The highest BCUT2D eigenvalue weighted by molar-refractivity contribution is 5.44. The van der Waals surface area contributed by atoms with Crippen molar-refractivity contribution in [3.05, 3.63) is 47.9 Å². The molecule has 0 spiro atoms. The van der Waals surface area contributed by atoms with Crippen LogP contribution in [-0.2, 0) is 5.54 Å². The number of benzene rings is 1. The van der Waals surface area contributed by atoms with Gasteiger partial charge in [-0.05, 0) is 12.5 Å². The van der Waals surface area contributed by atoms with E-state index in [4.69, 9.17) is 5.73 Å². The molecule has 0 fully saturated rings. The van der Waals surface area contributed by atoms with E-state index < -0.39 is 11.4 Å². The van der Waals surface area contributed by atoms with Crippen LogP contribution < -0.4 is 11.1 Å². The van der Waals surface area contributed by atoms with Crippen LogP contribution in [0.1, 0.15) is 12.5 Å². The molecule has 0 bridgehead atoms. The minimum Gasteiger partial charge on any atom is -0.394 e. The molecule has 1 heterocycles. The minimum atomic E-state index is -0.858. The third kappa shape index (κ3) is 2.79. The molecule has 5 nitrogen and oxygen atoms in total. The Bertz CT molecular complexity index is 564. The van der Waals surface area contributed by atoms with E-state index in [1.54, 1.807) is 6.92 Å². The summed E-state index contributed by atoms with van der Waals surface area (Å²) in [5, 5.41) is 12.5. The molecule has 2 aromatic rings. The van der Waals surface area contributed by atoms with Gasteiger partial charge in [0.25, 0.3) is 0 Å². The van der Waals surface area contributed by atoms with E-state index in [0.717, 1.165) is 11.8 Å². The van der Waals surface area contributed by atoms with Crippen LogP contribution in [0.5, 0.6) is 0 Å². The predicted octanol–water partition coefficient (Wildman–Crippen LogP) is 1.52. The van der Waals surface area contributed by atoms with Crippen LogP contribution in [-0.4, -0.2) is 21.7 Å². The Morgan fingerprint density at radius 1 is 1.37 bits per heavy atom. The van der Waals surface area contributed by atoms with Gasteiger partial charge >= 0.3 is 0 Å². The van der Waals surface area contributed by atoms with Gasteiger partial charge in [0.15, 0.2) is 11.6 Å². The molecule has 1 aromatic carbocycles. The summed E-state index contributed by atoms with van der Waals surface area (Å²) in [6.07, 6.45) is 0.994. The van der Waals surface area contributed by atoms with E-state index in [1.807, 2.05) is 30.3 Å². The average molecular weight is 262 g/mol. The third-order valence-corrected chi connectivity index (χ3v) is 2.88. The number of halogens is 1. The van der Waals surface area contributed by atoms with E-state index >= 15 is 0 Å². The maximum Gasteiger partial charge on any atom is 0.222 e. The van der Waals surface area contributed by atoms with Gasteiger partial charge in [-0.2, -0.15) is 4.98 Å². The van der Waals surface area contributed by atoms with Crippen molar-refractivity contribution in [3.63, 3.8) is 0 Å². The number of anilines is 2. The molecule has 100 valence electrons. The number of nitrogen functional groups attached to an aromatic ring is 1. The van der Waals surface area contributed by atoms with Crippen LogP contribution in [0.3, 0.4) is 0 Å². The summed E-state index contributed by atoms with van der Waals surface area (Å²) in [4.78, 5) is 7.36. The normalized spacial score (nSPS) is 13.8. The maximum absolute atomic E-state index is 13.6. The highest BCUT2D eigenvalue weighted by Gasteiger charge is 2.27. The molecule has 0 amide bonds. The second kappa shape index (κ2) is 5.19. The maximum atomic E-state index is 13.6.